The van der Waals surface area contributed by atoms with Crippen molar-refractivity contribution in [2.24, 2.45) is 0 Å². The number of hydrogen-bond acceptors (Lipinski definition) is 0. The molecule has 0 aromatic heterocycles. The highest BCUT2D eigenvalue weighted by Crippen LogP contribution is 2.34. The second-order valence-electron chi connectivity index (χ2n) is 20.1. The van der Waals surface area contributed by atoms with Crippen LogP contribution in [-0.4, -0.2) is 0 Å². The van der Waals surface area contributed by atoms with Gasteiger partial charge in [-0.15, -0.1) is 0 Å². The Balaban J connectivity index is 1.34. The molecule has 0 heterocycles. The van der Waals surface area contributed by atoms with Crippen LogP contribution in [0, 0.1) is 0 Å². The summed E-state index contributed by atoms with van der Waals surface area (Å²) in [6.07, 6.45) is 49.4. The number of fused-ring (bicyclic) bond motifs is 4. The van der Waals surface area contributed by atoms with Crippen LogP contribution in [0.25, 0.3) is 43.1 Å². The summed E-state index contributed by atoms with van der Waals surface area (Å²) >= 11 is 0. The molecular formula is C62H94. The molecule has 0 bridgehead atoms. The van der Waals surface area contributed by atoms with Gasteiger partial charge < -0.3 is 0 Å². The zero-order valence-electron chi connectivity index (χ0n) is 41.2. The SMILES string of the molecule is CCCCCCCCCCc1cc2cc3cc4cc5cc(CCCCCCCCCC)c(CCCCCCCCCC)cc5cc4cc3cc2cc1CCCCCCCCCC. The molecule has 62 heavy (non-hydrogen) atoms. The molecule has 0 atom stereocenters. The molecule has 0 aliphatic carbocycles. The zero-order valence-corrected chi connectivity index (χ0v) is 41.2. The largest absolute Gasteiger partial charge is 0.0654 e. The van der Waals surface area contributed by atoms with Crippen LogP contribution in [0.3, 0.4) is 0 Å². The molecule has 0 aliphatic heterocycles. The maximum absolute atomic E-state index is 2.60. The highest BCUT2D eigenvalue weighted by atomic mass is 14.2. The van der Waals surface area contributed by atoms with Gasteiger partial charge in [0, 0.05) is 0 Å². The summed E-state index contributed by atoms with van der Waals surface area (Å²) in [5, 5.41) is 11.3. The Labute approximate surface area is 383 Å². The molecule has 0 fully saturated rings. The van der Waals surface area contributed by atoms with Gasteiger partial charge in [0.2, 0.25) is 0 Å². The van der Waals surface area contributed by atoms with Crippen LogP contribution in [-0.2, 0) is 25.7 Å². The topological polar surface area (TPSA) is 0 Å². The predicted molar refractivity (Wildman–Crippen MR) is 282 cm³/mol. The van der Waals surface area contributed by atoms with E-state index in [1.807, 2.05) is 0 Å². The van der Waals surface area contributed by atoms with Gasteiger partial charge in [0.25, 0.3) is 0 Å². The molecule has 0 saturated heterocycles. The van der Waals surface area contributed by atoms with Crippen LogP contribution in [0.1, 0.15) is 255 Å². The normalized spacial score (nSPS) is 11.9. The summed E-state index contributed by atoms with van der Waals surface area (Å²) in [5.74, 6) is 0. The Morgan fingerprint density at radius 2 is 0.323 bits per heavy atom. The minimum Gasteiger partial charge on any atom is -0.0654 e. The van der Waals surface area contributed by atoms with Crippen molar-refractivity contribution in [1.29, 1.82) is 0 Å². The summed E-state index contributed by atoms with van der Waals surface area (Å²) in [5.41, 5.74) is 6.52. The van der Waals surface area contributed by atoms with Crippen molar-refractivity contribution in [1.82, 2.24) is 0 Å². The molecule has 5 aromatic rings. The fourth-order valence-electron chi connectivity index (χ4n) is 10.5. The number of benzene rings is 5. The molecule has 0 radical (unpaired) electrons. The minimum atomic E-state index is 1.24. The van der Waals surface area contributed by atoms with Crippen LogP contribution in [0.5, 0.6) is 0 Å². The average molecular weight is 839 g/mol. The van der Waals surface area contributed by atoms with Gasteiger partial charge in [0.05, 0.1) is 0 Å². The second kappa shape index (κ2) is 30.3. The lowest BCUT2D eigenvalue weighted by Crippen LogP contribution is -1.97. The second-order valence-corrected chi connectivity index (χ2v) is 20.1. The molecule has 0 heteroatoms. The molecule has 0 saturated carbocycles. The lowest BCUT2D eigenvalue weighted by Gasteiger charge is -2.15. The standard InChI is InChI=1S/C62H94/c1-5-9-13-17-21-25-29-33-37-51-41-55-45-59-49-61-47-57-43-53(39-35-31-27-23-19-15-11-7-3)54(40-36-32-28-24-20-16-12-8-4)44-58(57)48-62(61)50-60(59)46-56(55)42-52(51)38-34-30-26-22-18-14-10-6-2/h41-50H,5-40H2,1-4H3. The summed E-state index contributed by atoms with van der Waals surface area (Å²) in [4.78, 5) is 0. The van der Waals surface area contributed by atoms with Crippen molar-refractivity contribution in [2.45, 2.75) is 259 Å². The van der Waals surface area contributed by atoms with E-state index in [-0.39, 0.29) is 0 Å². The van der Waals surface area contributed by atoms with E-state index in [4.69, 9.17) is 0 Å². The average Bonchev–Trinajstić information content (AvgIpc) is 3.28. The van der Waals surface area contributed by atoms with E-state index in [1.165, 1.54) is 274 Å². The Hall–Kier alpha value is -2.86. The van der Waals surface area contributed by atoms with Gasteiger partial charge in [-0.05, 0) is 153 Å². The van der Waals surface area contributed by atoms with Crippen LogP contribution < -0.4 is 0 Å². The number of unbranched alkanes of at least 4 members (excludes halogenated alkanes) is 28. The minimum absolute atomic E-state index is 1.24. The molecule has 0 N–H and O–H groups in total. The van der Waals surface area contributed by atoms with Gasteiger partial charge in [-0.2, -0.15) is 0 Å². The molecule has 0 aliphatic rings. The van der Waals surface area contributed by atoms with Crippen molar-refractivity contribution < 1.29 is 0 Å². The fraction of sp³-hybridized carbons (Fsp3) is 0.645. The molecule has 5 rings (SSSR count). The maximum Gasteiger partial charge on any atom is -0.0171 e. The highest BCUT2D eigenvalue weighted by Gasteiger charge is 2.11. The third kappa shape index (κ3) is 17.6. The third-order valence-electron chi connectivity index (χ3n) is 14.5. The van der Waals surface area contributed by atoms with Gasteiger partial charge in [-0.25, -0.2) is 0 Å². The van der Waals surface area contributed by atoms with Gasteiger partial charge in [0.1, 0.15) is 0 Å². The van der Waals surface area contributed by atoms with Crippen LogP contribution >= 0.6 is 0 Å². The first-order chi connectivity index (χ1) is 30.6. The van der Waals surface area contributed by atoms with Crippen LogP contribution in [0.15, 0.2) is 60.7 Å². The van der Waals surface area contributed by atoms with E-state index in [1.54, 1.807) is 22.3 Å². The van der Waals surface area contributed by atoms with E-state index in [9.17, 15) is 0 Å². The van der Waals surface area contributed by atoms with E-state index in [0.717, 1.165) is 0 Å². The highest BCUT2D eigenvalue weighted by molar-refractivity contribution is 6.08. The van der Waals surface area contributed by atoms with Crippen molar-refractivity contribution in [3.63, 3.8) is 0 Å². The lowest BCUT2D eigenvalue weighted by atomic mass is 9.90. The summed E-state index contributed by atoms with van der Waals surface area (Å²) in [7, 11) is 0. The Morgan fingerprint density at radius 1 is 0.177 bits per heavy atom. The first kappa shape index (κ1) is 50.1. The van der Waals surface area contributed by atoms with Gasteiger partial charge >= 0.3 is 0 Å². The molecule has 5 aromatic carbocycles. The zero-order chi connectivity index (χ0) is 43.5. The third-order valence-corrected chi connectivity index (χ3v) is 14.5. The van der Waals surface area contributed by atoms with E-state index < -0.39 is 0 Å². The summed E-state index contributed by atoms with van der Waals surface area (Å²) in [6.45, 7) is 9.29. The summed E-state index contributed by atoms with van der Waals surface area (Å²) < 4.78 is 0. The molecule has 0 amide bonds. The molecule has 0 nitrogen and oxygen atoms in total. The summed E-state index contributed by atoms with van der Waals surface area (Å²) in [6, 6.07) is 25.5. The first-order valence-corrected chi connectivity index (χ1v) is 27.5. The number of hydrogen-bond donors (Lipinski definition) is 0. The first-order valence-electron chi connectivity index (χ1n) is 27.5. The molecule has 342 valence electrons. The van der Waals surface area contributed by atoms with Crippen molar-refractivity contribution in [3.05, 3.63) is 82.9 Å². The van der Waals surface area contributed by atoms with Crippen LogP contribution in [0.4, 0.5) is 0 Å². The van der Waals surface area contributed by atoms with E-state index in [0.29, 0.717) is 0 Å². The van der Waals surface area contributed by atoms with Crippen molar-refractivity contribution in [2.75, 3.05) is 0 Å². The fourth-order valence-corrected chi connectivity index (χ4v) is 10.5. The van der Waals surface area contributed by atoms with Crippen LogP contribution in [0.2, 0.25) is 0 Å². The molecular weight excluding hydrogens is 745 g/mol. The Bertz CT molecular complexity index is 1680. The molecule has 0 unspecified atom stereocenters. The monoisotopic (exact) mass is 839 g/mol. The van der Waals surface area contributed by atoms with Gasteiger partial charge in [-0.3, -0.25) is 0 Å². The Morgan fingerprint density at radius 3 is 0.500 bits per heavy atom. The predicted octanol–water partition coefficient (Wildman–Crippen LogP) is 21.0. The van der Waals surface area contributed by atoms with Gasteiger partial charge in [0.15, 0.2) is 0 Å². The maximum atomic E-state index is 2.60. The van der Waals surface area contributed by atoms with E-state index in [2.05, 4.69) is 88.4 Å². The molecule has 0 spiro atoms. The Kier molecular flexibility index (Phi) is 24.5. The van der Waals surface area contributed by atoms with Crippen molar-refractivity contribution >= 4 is 43.1 Å². The quantitative estimate of drug-likeness (QED) is 0.0278. The van der Waals surface area contributed by atoms with E-state index >= 15 is 0 Å². The smallest absolute Gasteiger partial charge is 0.0171 e. The van der Waals surface area contributed by atoms with Crippen molar-refractivity contribution in [3.8, 4) is 0 Å². The van der Waals surface area contributed by atoms with Gasteiger partial charge in [-0.1, -0.05) is 232 Å². The lowest BCUT2D eigenvalue weighted by molar-refractivity contribution is 0.571. The number of aryl methyl sites for hydroxylation is 4. The number of rotatable bonds is 36.